The van der Waals surface area contributed by atoms with Crippen molar-refractivity contribution in [3.8, 4) is 5.75 Å². The highest BCUT2D eigenvalue weighted by molar-refractivity contribution is 5.97. The van der Waals surface area contributed by atoms with Gasteiger partial charge < -0.3 is 15.0 Å². The maximum atomic E-state index is 13.1. The molecule has 1 atom stereocenters. The number of amides is 2. The molecule has 0 bridgehead atoms. The van der Waals surface area contributed by atoms with E-state index in [0.29, 0.717) is 24.4 Å². The van der Waals surface area contributed by atoms with Gasteiger partial charge in [0.2, 0.25) is 11.8 Å². The van der Waals surface area contributed by atoms with Crippen LogP contribution in [0.25, 0.3) is 0 Å². The van der Waals surface area contributed by atoms with Gasteiger partial charge in [0, 0.05) is 18.7 Å². The van der Waals surface area contributed by atoms with Gasteiger partial charge in [-0.1, -0.05) is 12.1 Å². The van der Waals surface area contributed by atoms with Crippen molar-refractivity contribution in [1.82, 2.24) is 4.90 Å². The Bertz CT molecular complexity index is 792. The summed E-state index contributed by atoms with van der Waals surface area (Å²) in [6, 6.07) is 12.7. The number of benzene rings is 2. The van der Waals surface area contributed by atoms with Gasteiger partial charge in [0.15, 0.2) is 0 Å². The molecule has 0 radical (unpaired) electrons. The number of rotatable bonds is 6. The molecule has 0 aromatic heterocycles. The summed E-state index contributed by atoms with van der Waals surface area (Å²) in [7, 11) is 0. The normalized spacial score (nSPS) is 15.0. The third kappa shape index (κ3) is 4.39. The molecule has 1 N–H and O–H groups in total. The highest BCUT2D eigenvalue weighted by Gasteiger charge is 2.29. The average molecular weight is 356 g/mol. The van der Waals surface area contributed by atoms with Crippen LogP contribution in [0.1, 0.15) is 25.3 Å². The van der Waals surface area contributed by atoms with E-state index in [1.165, 1.54) is 12.1 Å². The van der Waals surface area contributed by atoms with E-state index in [1.807, 2.05) is 0 Å². The summed E-state index contributed by atoms with van der Waals surface area (Å²) in [5, 5.41) is 2.81. The fraction of sp³-hybridized carbons (Fsp3) is 0.300. The van der Waals surface area contributed by atoms with Gasteiger partial charge in [0.25, 0.3) is 0 Å². The number of anilines is 1. The largest absolute Gasteiger partial charge is 0.489 e. The van der Waals surface area contributed by atoms with E-state index in [1.54, 1.807) is 48.2 Å². The van der Waals surface area contributed by atoms with Crippen LogP contribution in [0.15, 0.2) is 48.5 Å². The topological polar surface area (TPSA) is 58.6 Å². The Morgan fingerprint density at radius 1 is 1.27 bits per heavy atom. The number of hydrogen-bond donors (Lipinski definition) is 1. The molecule has 2 amide bonds. The molecule has 1 fully saturated rings. The number of carbonyl (C=O) groups excluding carboxylic acids is 2. The summed E-state index contributed by atoms with van der Waals surface area (Å²) in [6.45, 7) is 2.62. The molecular formula is C20H21FN2O3. The highest BCUT2D eigenvalue weighted by atomic mass is 19.1. The molecule has 0 saturated carbocycles. The number of nitrogens with one attached hydrogen (secondary N) is 1. The Morgan fingerprint density at radius 3 is 2.69 bits per heavy atom. The van der Waals surface area contributed by atoms with Crippen LogP contribution in [0.5, 0.6) is 5.75 Å². The second kappa shape index (κ2) is 7.99. The van der Waals surface area contributed by atoms with Gasteiger partial charge in [0.05, 0.1) is 0 Å². The predicted octanol–water partition coefficient (Wildman–Crippen LogP) is 3.35. The number of halogens is 1. The lowest BCUT2D eigenvalue weighted by molar-refractivity contribution is -0.134. The molecule has 136 valence electrons. The SMILES string of the molecule is CC(C(=O)Nc1ccc(OCc2cccc(F)c2)cc1)N1CCCC1=O. The Labute approximate surface area is 151 Å². The van der Waals surface area contributed by atoms with Gasteiger partial charge in [-0.15, -0.1) is 0 Å². The lowest BCUT2D eigenvalue weighted by Gasteiger charge is -2.23. The van der Waals surface area contributed by atoms with Crippen LogP contribution in [-0.4, -0.2) is 29.3 Å². The van der Waals surface area contributed by atoms with Crippen LogP contribution in [0.3, 0.4) is 0 Å². The number of hydrogen-bond acceptors (Lipinski definition) is 3. The Hall–Kier alpha value is -2.89. The minimum atomic E-state index is -0.492. The molecule has 1 unspecified atom stereocenters. The first-order valence-electron chi connectivity index (χ1n) is 8.60. The van der Waals surface area contributed by atoms with Crippen molar-refractivity contribution in [2.75, 3.05) is 11.9 Å². The van der Waals surface area contributed by atoms with Crippen LogP contribution in [0, 0.1) is 5.82 Å². The molecule has 2 aromatic rings. The van der Waals surface area contributed by atoms with E-state index in [9.17, 15) is 14.0 Å². The Morgan fingerprint density at radius 2 is 2.04 bits per heavy atom. The molecule has 1 aliphatic heterocycles. The Balaban J connectivity index is 1.54. The average Bonchev–Trinajstić information content (AvgIpc) is 3.06. The van der Waals surface area contributed by atoms with Crippen LogP contribution < -0.4 is 10.1 Å². The molecule has 3 rings (SSSR count). The smallest absolute Gasteiger partial charge is 0.246 e. The van der Waals surface area contributed by atoms with E-state index < -0.39 is 6.04 Å². The van der Waals surface area contributed by atoms with E-state index in [2.05, 4.69) is 5.32 Å². The molecule has 1 saturated heterocycles. The van der Waals surface area contributed by atoms with Gasteiger partial charge in [0.1, 0.15) is 24.2 Å². The first-order chi connectivity index (χ1) is 12.5. The van der Waals surface area contributed by atoms with Gasteiger partial charge >= 0.3 is 0 Å². The quantitative estimate of drug-likeness (QED) is 0.863. The van der Waals surface area contributed by atoms with Gasteiger partial charge in [-0.05, 0) is 55.3 Å². The number of likely N-dealkylation sites (tertiary alicyclic amines) is 1. The number of carbonyl (C=O) groups is 2. The number of ether oxygens (including phenoxy) is 1. The minimum Gasteiger partial charge on any atom is -0.489 e. The highest BCUT2D eigenvalue weighted by Crippen LogP contribution is 2.19. The van der Waals surface area contributed by atoms with Crippen LogP contribution in [0.2, 0.25) is 0 Å². The fourth-order valence-corrected chi connectivity index (χ4v) is 2.89. The molecule has 1 aliphatic rings. The monoisotopic (exact) mass is 356 g/mol. The molecule has 2 aromatic carbocycles. The van der Waals surface area contributed by atoms with Gasteiger partial charge in [-0.2, -0.15) is 0 Å². The maximum Gasteiger partial charge on any atom is 0.246 e. The number of nitrogens with zero attached hydrogens (tertiary/aromatic N) is 1. The van der Waals surface area contributed by atoms with Crippen molar-refractivity contribution in [3.63, 3.8) is 0 Å². The summed E-state index contributed by atoms with van der Waals surface area (Å²) < 4.78 is 18.8. The first-order valence-corrected chi connectivity index (χ1v) is 8.60. The zero-order valence-corrected chi connectivity index (χ0v) is 14.6. The van der Waals surface area contributed by atoms with Crippen LogP contribution in [0.4, 0.5) is 10.1 Å². The summed E-state index contributed by atoms with van der Waals surface area (Å²) >= 11 is 0. The minimum absolute atomic E-state index is 0.0220. The van der Waals surface area contributed by atoms with Crippen molar-refractivity contribution in [1.29, 1.82) is 0 Å². The van der Waals surface area contributed by atoms with E-state index in [4.69, 9.17) is 4.74 Å². The van der Waals surface area contributed by atoms with Crippen molar-refractivity contribution in [2.24, 2.45) is 0 Å². The van der Waals surface area contributed by atoms with E-state index >= 15 is 0 Å². The van der Waals surface area contributed by atoms with E-state index in [-0.39, 0.29) is 24.2 Å². The van der Waals surface area contributed by atoms with Crippen molar-refractivity contribution in [2.45, 2.75) is 32.4 Å². The third-order valence-electron chi connectivity index (χ3n) is 4.37. The summed E-state index contributed by atoms with van der Waals surface area (Å²) in [6.07, 6.45) is 1.31. The molecule has 5 nitrogen and oxygen atoms in total. The van der Waals surface area contributed by atoms with Crippen LogP contribution in [-0.2, 0) is 16.2 Å². The molecule has 1 heterocycles. The zero-order valence-electron chi connectivity index (χ0n) is 14.6. The summed E-state index contributed by atoms with van der Waals surface area (Å²) in [5.41, 5.74) is 1.37. The van der Waals surface area contributed by atoms with Gasteiger partial charge in [-0.25, -0.2) is 4.39 Å². The Kier molecular flexibility index (Phi) is 5.51. The molecule has 0 aliphatic carbocycles. The second-order valence-electron chi connectivity index (χ2n) is 6.30. The molecule has 26 heavy (non-hydrogen) atoms. The first kappa shape index (κ1) is 17.9. The molecule has 6 heteroatoms. The zero-order chi connectivity index (χ0) is 18.5. The predicted molar refractivity (Wildman–Crippen MR) is 96.2 cm³/mol. The fourth-order valence-electron chi connectivity index (χ4n) is 2.89. The second-order valence-corrected chi connectivity index (χ2v) is 6.30. The lowest BCUT2D eigenvalue weighted by Crippen LogP contribution is -2.42. The van der Waals surface area contributed by atoms with Crippen molar-refractivity contribution < 1.29 is 18.7 Å². The van der Waals surface area contributed by atoms with Crippen molar-refractivity contribution >= 4 is 17.5 Å². The lowest BCUT2D eigenvalue weighted by atomic mass is 10.2. The van der Waals surface area contributed by atoms with E-state index in [0.717, 1.165) is 12.0 Å². The van der Waals surface area contributed by atoms with Crippen LogP contribution >= 0.6 is 0 Å². The van der Waals surface area contributed by atoms with Crippen molar-refractivity contribution in [3.05, 3.63) is 59.9 Å². The third-order valence-corrected chi connectivity index (χ3v) is 4.37. The molecule has 0 spiro atoms. The summed E-state index contributed by atoms with van der Waals surface area (Å²) in [4.78, 5) is 25.6. The molecular weight excluding hydrogens is 335 g/mol. The summed E-state index contributed by atoms with van der Waals surface area (Å²) in [5.74, 6) is 0.132. The van der Waals surface area contributed by atoms with Gasteiger partial charge in [-0.3, -0.25) is 9.59 Å². The standard InChI is InChI=1S/C20H21FN2O3/c1-14(23-11-3-6-19(23)24)20(25)22-17-7-9-18(10-8-17)26-13-15-4-2-5-16(21)12-15/h2,4-5,7-10,12,14H,3,6,11,13H2,1H3,(H,22,25). The maximum absolute atomic E-state index is 13.1.